The average Bonchev–Trinajstić information content (AvgIpc) is 2.75. The fraction of sp³-hybridized carbons (Fsp3) is 0.391. The van der Waals surface area contributed by atoms with Crippen LogP contribution in [0.3, 0.4) is 0 Å². The third-order valence-electron chi connectivity index (χ3n) is 4.85. The number of para-hydroxylation sites is 2. The van der Waals surface area contributed by atoms with E-state index in [0.717, 1.165) is 0 Å². The molecule has 0 aliphatic carbocycles. The summed E-state index contributed by atoms with van der Waals surface area (Å²) in [6.07, 6.45) is -3.98. The maximum absolute atomic E-state index is 11.3. The Bertz CT molecular complexity index is 934. The maximum atomic E-state index is 11.3. The van der Waals surface area contributed by atoms with E-state index < -0.39 is 36.5 Å². The molecule has 0 radical (unpaired) electrons. The highest BCUT2D eigenvalue weighted by Crippen LogP contribution is 2.24. The molecule has 32 heavy (non-hydrogen) atoms. The Morgan fingerprint density at radius 2 is 1.53 bits per heavy atom. The Labute approximate surface area is 185 Å². The highest BCUT2D eigenvalue weighted by atomic mass is 16.6. The van der Waals surface area contributed by atoms with Crippen LogP contribution >= 0.6 is 0 Å². The Morgan fingerprint density at radius 1 is 0.969 bits per heavy atom. The molecule has 0 saturated carbocycles. The summed E-state index contributed by atoms with van der Waals surface area (Å²) in [7, 11) is 0. The summed E-state index contributed by atoms with van der Waals surface area (Å²) in [6, 6.07) is 13.9. The predicted octanol–water partition coefficient (Wildman–Crippen LogP) is 1.29. The van der Waals surface area contributed by atoms with Gasteiger partial charge in [-0.25, -0.2) is 0 Å². The van der Waals surface area contributed by atoms with Crippen LogP contribution in [0.4, 0.5) is 0 Å². The summed E-state index contributed by atoms with van der Waals surface area (Å²) in [6.45, 7) is 2.84. The number of nitrogens with one attached hydrogen (secondary N) is 1. The van der Waals surface area contributed by atoms with Crippen LogP contribution in [0, 0.1) is 0 Å². The van der Waals surface area contributed by atoms with E-state index in [0.29, 0.717) is 22.6 Å². The lowest BCUT2D eigenvalue weighted by Crippen LogP contribution is -2.58. The van der Waals surface area contributed by atoms with Gasteiger partial charge in [0, 0.05) is 31.5 Å². The highest BCUT2D eigenvalue weighted by Gasteiger charge is 2.39. The van der Waals surface area contributed by atoms with Crippen molar-refractivity contribution in [3.05, 3.63) is 59.7 Å². The topological polar surface area (TPSA) is 124 Å². The molecule has 9 nitrogen and oxygen atoms in total. The Balaban J connectivity index is 1.70. The van der Waals surface area contributed by atoms with Crippen LogP contribution in [-0.4, -0.2) is 53.3 Å². The van der Waals surface area contributed by atoms with Crippen molar-refractivity contribution in [1.82, 2.24) is 5.32 Å². The van der Waals surface area contributed by atoms with Gasteiger partial charge in [-0.1, -0.05) is 36.4 Å². The second-order valence-corrected chi connectivity index (χ2v) is 7.37. The minimum Gasteiger partial charge on any atom is -0.426 e. The molecule has 2 aromatic carbocycles. The Morgan fingerprint density at radius 3 is 2.16 bits per heavy atom. The number of aliphatic hydroxyl groups excluding tert-OH is 2. The van der Waals surface area contributed by atoms with Crippen LogP contribution in [0.25, 0.3) is 0 Å². The summed E-state index contributed by atoms with van der Waals surface area (Å²) in [5.41, 5.74) is 1.32. The summed E-state index contributed by atoms with van der Waals surface area (Å²) < 4.78 is 22.0. The molecule has 3 N–H and O–H groups in total. The number of esters is 2. The van der Waals surface area contributed by atoms with E-state index >= 15 is 0 Å². The van der Waals surface area contributed by atoms with Crippen molar-refractivity contribution in [2.45, 2.75) is 51.5 Å². The molecule has 4 atom stereocenters. The number of hydrogen-bond acceptors (Lipinski definition) is 9. The summed E-state index contributed by atoms with van der Waals surface area (Å²) in [4.78, 5) is 22.7. The van der Waals surface area contributed by atoms with Crippen molar-refractivity contribution < 1.29 is 38.7 Å². The third kappa shape index (κ3) is 6.35. The summed E-state index contributed by atoms with van der Waals surface area (Å²) >= 11 is 0. The molecule has 1 aliphatic rings. The van der Waals surface area contributed by atoms with Crippen molar-refractivity contribution in [2.75, 3.05) is 6.61 Å². The van der Waals surface area contributed by atoms with Gasteiger partial charge in [0.25, 0.3) is 0 Å². The molecule has 0 spiro atoms. The molecule has 1 aliphatic heterocycles. The van der Waals surface area contributed by atoms with Gasteiger partial charge in [0.2, 0.25) is 0 Å². The number of hydrogen-bond donors (Lipinski definition) is 3. The van der Waals surface area contributed by atoms with Gasteiger partial charge in [-0.3, -0.25) is 14.9 Å². The van der Waals surface area contributed by atoms with Gasteiger partial charge in [0.1, 0.15) is 36.0 Å². The first-order chi connectivity index (χ1) is 15.3. The van der Waals surface area contributed by atoms with Crippen molar-refractivity contribution in [1.29, 1.82) is 0 Å². The second kappa shape index (κ2) is 11.2. The lowest BCUT2D eigenvalue weighted by atomic mass is 10.0. The normalized spacial score (nSPS) is 22.9. The minimum atomic E-state index is -1.20. The molecule has 1 heterocycles. The van der Waals surface area contributed by atoms with Crippen LogP contribution in [-0.2, 0) is 32.2 Å². The zero-order chi connectivity index (χ0) is 23.1. The van der Waals surface area contributed by atoms with Crippen LogP contribution in [0.1, 0.15) is 25.0 Å². The van der Waals surface area contributed by atoms with E-state index in [9.17, 15) is 19.8 Å². The molecular weight excluding hydrogens is 418 g/mol. The molecule has 0 aromatic heterocycles. The quantitative estimate of drug-likeness (QED) is 0.407. The largest absolute Gasteiger partial charge is 0.426 e. The van der Waals surface area contributed by atoms with Gasteiger partial charge in [-0.15, -0.1) is 0 Å². The number of rotatable bonds is 8. The lowest BCUT2D eigenvalue weighted by Gasteiger charge is -2.38. The van der Waals surface area contributed by atoms with Crippen LogP contribution in [0.15, 0.2) is 48.5 Å². The number of carbonyl (C=O) groups is 2. The molecule has 1 unspecified atom stereocenters. The summed E-state index contributed by atoms with van der Waals surface area (Å²) in [5.74, 6) is -0.124. The van der Waals surface area contributed by atoms with Crippen molar-refractivity contribution in [3.8, 4) is 11.5 Å². The molecule has 0 amide bonds. The zero-order valence-electron chi connectivity index (χ0n) is 17.9. The Hall–Kier alpha value is -2.82. The van der Waals surface area contributed by atoms with Crippen LogP contribution in [0.2, 0.25) is 0 Å². The van der Waals surface area contributed by atoms with Gasteiger partial charge in [-0.05, 0) is 12.1 Å². The molecule has 172 valence electrons. The van der Waals surface area contributed by atoms with Crippen LogP contribution in [0.5, 0.6) is 11.5 Å². The van der Waals surface area contributed by atoms with Gasteiger partial charge < -0.3 is 29.2 Å². The number of benzene rings is 2. The number of carbonyl (C=O) groups excluding carboxylic acids is 2. The van der Waals surface area contributed by atoms with E-state index in [2.05, 4.69) is 5.32 Å². The maximum Gasteiger partial charge on any atom is 0.308 e. The van der Waals surface area contributed by atoms with Gasteiger partial charge in [0.15, 0.2) is 0 Å². The first-order valence-corrected chi connectivity index (χ1v) is 10.2. The smallest absolute Gasteiger partial charge is 0.308 e. The highest BCUT2D eigenvalue weighted by molar-refractivity contribution is 5.70. The van der Waals surface area contributed by atoms with Crippen LogP contribution < -0.4 is 14.8 Å². The van der Waals surface area contributed by atoms with E-state index in [1.165, 1.54) is 13.8 Å². The average molecular weight is 445 g/mol. The van der Waals surface area contributed by atoms with Crippen molar-refractivity contribution >= 4 is 11.9 Å². The van der Waals surface area contributed by atoms with Crippen molar-refractivity contribution in [3.63, 3.8) is 0 Å². The minimum absolute atomic E-state index is 0.0173. The molecule has 3 rings (SSSR count). The molecule has 2 aromatic rings. The molecular formula is C23H27NO8. The molecule has 1 fully saturated rings. The first-order valence-electron chi connectivity index (χ1n) is 10.2. The number of ether oxygens (including phenoxy) is 4. The fourth-order valence-corrected chi connectivity index (χ4v) is 3.33. The molecule has 9 heteroatoms. The standard InChI is InChI=1S/C23H27NO8/c1-14(25)31-19-9-5-3-7-16(19)11-24-23-22(21(28)18(27)13-30-23)29-12-17-8-4-6-10-20(17)32-15(2)26/h3-10,18,21-24,27-28H,11-13H2,1-2H3/t18-,21+,22-,23?/m1/s1. The van der Waals surface area contributed by atoms with Gasteiger partial charge >= 0.3 is 11.9 Å². The summed E-state index contributed by atoms with van der Waals surface area (Å²) in [5, 5.41) is 23.7. The number of aliphatic hydroxyl groups is 2. The van der Waals surface area contributed by atoms with E-state index in [4.69, 9.17) is 18.9 Å². The monoisotopic (exact) mass is 445 g/mol. The zero-order valence-corrected chi connectivity index (χ0v) is 17.9. The predicted molar refractivity (Wildman–Crippen MR) is 113 cm³/mol. The first kappa shape index (κ1) is 23.8. The van der Waals surface area contributed by atoms with E-state index in [-0.39, 0.29) is 19.8 Å². The van der Waals surface area contributed by atoms with E-state index in [1.54, 1.807) is 42.5 Å². The third-order valence-corrected chi connectivity index (χ3v) is 4.85. The second-order valence-electron chi connectivity index (χ2n) is 7.37. The van der Waals surface area contributed by atoms with Crippen molar-refractivity contribution in [2.24, 2.45) is 0 Å². The van der Waals surface area contributed by atoms with Gasteiger partial charge in [0.05, 0.1) is 13.2 Å². The lowest BCUT2D eigenvalue weighted by molar-refractivity contribution is -0.215. The SMILES string of the molecule is CC(=O)Oc1ccccc1CNC1OC[C@@H](O)[C@H](O)[C@H]1OCc1ccccc1OC(C)=O. The molecule has 1 saturated heterocycles. The Kier molecular flexibility index (Phi) is 8.32. The molecule has 0 bridgehead atoms. The fourth-order valence-electron chi connectivity index (χ4n) is 3.33. The van der Waals surface area contributed by atoms with Gasteiger partial charge in [-0.2, -0.15) is 0 Å². The van der Waals surface area contributed by atoms with E-state index in [1.807, 2.05) is 6.07 Å².